The molecule has 0 saturated carbocycles. The van der Waals surface area contributed by atoms with Crippen LogP contribution in [0, 0.1) is 0 Å². The molecule has 2 saturated heterocycles. The topological polar surface area (TPSA) is 135 Å². The number of ketones is 1. The number of carbonyl (C=O) groups excluding carboxylic acids is 1. The summed E-state index contributed by atoms with van der Waals surface area (Å²) >= 11 is 1.31. The number of benzene rings is 2. The summed E-state index contributed by atoms with van der Waals surface area (Å²) in [6, 6.07) is 12.6. The van der Waals surface area contributed by atoms with Crippen molar-refractivity contribution in [2.24, 2.45) is 0 Å². The second kappa shape index (κ2) is 11.8. The highest BCUT2D eigenvalue weighted by atomic mass is 32.2. The van der Waals surface area contributed by atoms with Crippen molar-refractivity contribution in [3.8, 4) is 11.3 Å². The number of hydrogen-bond acceptors (Lipinski definition) is 10. The number of ether oxygens (including phenoxy) is 2. The van der Waals surface area contributed by atoms with E-state index in [0.29, 0.717) is 50.3 Å². The lowest BCUT2D eigenvalue weighted by Gasteiger charge is -2.26. The van der Waals surface area contributed by atoms with Crippen molar-refractivity contribution in [1.82, 2.24) is 13.6 Å². The summed E-state index contributed by atoms with van der Waals surface area (Å²) in [6.45, 7) is 2.60. The molecule has 2 fully saturated rings. The van der Waals surface area contributed by atoms with Crippen LogP contribution in [-0.4, -0.2) is 95.4 Å². The normalized spacial score (nSPS) is 17.6. The molecule has 0 atom stereocenters. The van der Waals surface area contributed by atoms with Gasteiger partial charge in [0.15, 0.2) is 10.9 Å². The maximum absolute atomic E-state index is 12.9. The van der Waals surface area contributed by atoms with Gasteiger partial charge in [-0.3, -0.25) is 4.79 Å². The van der Waals surface area contributed by atoms with E-state index < -0.39 is 20.0 Å². The van der Waals surface area contributed by atoms with Gasteiger partial charge in [-0.1, -0.05) is 24.3 Å². The molecular weight excluding hydrogens is 564 g/mol. The fourth-order valence-electron chi connectivity index (χ4n) is 4.25. The van der Waals surface area contributed by atoms with Crippen LogP contribution in [0.15, 0.2) is 63.7 Å². The first kappa shape index (κ1) is 27.8. The van der Waals surface area contributed by atoms with E-state index in [1.165, 1.54) is 32.1 Å². The number of anilines is 1. The van der Waals surface area contributed by atoms with E-state index in [1.807, 2.05) is 5.38 Å². The first-order valence-electron chi connectivity index (χ1n) is 12.3. The SMILES string of the molecule is O=C(CNc1nc(-c2ccc(S(=O)(=O)N3CCOCC3)cc2)cs1)c1cccc(S(=O)(=O)N2CCOCC2)c1. The Morgan fingerprint density at radius 1 is 0.846 bits per heavy atom. The number of hydrogen-bond donors (Lipinski definition) is 1. The molecule has 11 nitrogen and oxygen atoms in total. The van der Waals surface area contributed by atoms with Crippen LogP contribution in [0.4, 0.5) is 5.13 Å². The highest BCUT2D eigenvalue weighted by Gasteiger charge is 2.28. The number of rotatable bonds is 9. The van der Waals surface area contributed by atoms with E-state index in [2.05, 4.69) is 10.3 Å². The fraction of sp³-hybridized carbons (Fsp3) is 0.360. The molecule has 0 amide bonds. The summed E-state index contributed by atoms with van der Waals surface area (Å²) in [5.74, 6) is -0.275. The average Bonchev–Trinajstić information content (AvgIpc) is 3.46. The van der Waals surface area contributed by atoms with Crippen molar-refractivity contribution in [1.29, 1.82) is 0 Å². The highest BCUT2D eigenvalue weighted by Crippen LogP contribution is 2.27. The van der Waals surface area contributed by atoms with E-state index in [0.717, 1.165) is 5.56 Å². The van der Waals surface area contributed by atoms with Gasteiger partial charge in [0.25, 0.3) is 0 Å². The smallest absolute Gasteiger partial charge is 0.243 e. The van der Waals surface area contributed by atoms with Gasteiger partial charge < -0.3 is 14.8 Å². The first-order chi connectivity index (χ1) is 18.7. The molecular formula is C25H28N4O7S3. The lowest BCUT2D eigenvalue weighted by Crippen LogP contribution is -2.40. The molecule has 0 radical (unpaired) electrons. The van der Waals surface area contributed by atoms with Gasteiger partial charge in [-0.2, -0.15) is 8.61 Å². The second-order valence-electron chi connectivity index (χ2n) is 8.90. The van der Waals surface area contributed by atoms with Gasteiger partial charge in [0.2, 0.25) is 20.0 Å². The van der Waals surface area contributed by atoms with Crippen molar-refractivity contribution in [3.63, 3.8) is 0 Å². The molecule has 3 aromatic rings. The number of morpholine rings is 2. The molecule has 1 aromatic heterocycles. The Bertz CT molecular complexity index is 1530. The lowest BCUT2D eigenvalue weighted by atomic mass is 10.1. The summed E-state index contributed by atoms with van der Waals surface area (Å²) in [5, 5.41) is 5.33. The van der Waals surface area contributed by atoms with Crippen LogP contribution in [-0.2, 0) is 29.5 Å². The minimum atomic E-state index is -3.71. The van der Waals surface area contributed by atoms with E-state index in [9.17, 15) is 21.6 Å². The van der Waals surface area contributed by atoms with Crippen LogP contribution in [0.3, 0.4) is 0 Å². The minimum Gasteiger partial charge on any atom is -0.379 e. The summed E-state index contributed by atoms with van der Waals surface area (Å²) in [5.41, 5.74) is 1.67. The van der Waals surface area contributed by atoms with Crippen LogP contribution in [0.1, 0.15) is 10.4 Å². The monoisotopic (exact) mass is 592 g/mol. The molecule has 1 N–H and O–H groups in total. The third-order valence-corrected chi connectivity index (χ3v) is 11.0. The molecule has 2 aliphatic heterocycles. The Morgan fingerprint density at radius 3 is 2.05 bits per heavy atom. The second-order valence-corrected chi connectivity index (χ2v) is 13.6. The van der Waals surface area contributed by atoms with Crippen LogP contribution >= 0.6 is 11.3 Å². The Hall–Kier alpha value is -2.72. The Balaban J connectivity index is 1.22. The van der Waals surface area contributed by atoms with Crippen molar-refractivity contribution in [2.75, 3.05) is 64.5 Å². The molecule has 3 heterocycles. The summed E-state index contributed by atoms with van der Waals surface area (Å²) < 4.78 is 64.8. The van der Waals surface area contributed by atoms with E-state index in [4.69, 9.17) is 9.47 Å². The molecule has 0 unspecified atom stereocenters. The van der Waals surface area contributed by atoms with E-state index in [1.54, 1.807) is 36.4 Å². The quantitative estimate of drug-likeness (QED) is 0.371. The Morgan fingerprint density at radius 2 is 1.44 bits per heavy atom. The molecule has 0 spiro atoms. The third kappa shape index (κ3) is 6.22. The fourth-order valence-corrected chi connectivity index (χ4v) is 7.83. The van der Waals surface area contributed by atoms with Gasteiger partial charge in [0, 0.05) is 42.7 Å². The highest BCUT2D eigenvalue weighted by molar-refractivity contribution is 7.89. The average molecular weight is 593 g/mol. The predicted octanol–water partition coefficient (Wildman–Crippen LogP) is 2.15. The number of aromatic nitrogens is 1. The molecule has 39 heavy (non-hydrogen) atoms. The molecule has 2 aliphatic rings. The third-order valence-electron chi connectivity index (χ3n) is 6.43. The maximum atomic E-state index is 12.9. The van der Waals surface area contributed by atoms with Crippen molar-refractivity contribution in [3.05, 3.63) is 59.5 Å². The first-order valence-corrected chi connectivity index (χ1v) is 16.1. The standard InChI is InChI=1S/C25H28N4O7S3/c30-24(20-2-1-3-22(16-20)39(33,34)29-10-14-36-15-11-29)17-26-25-27-23(18-37-25)19-4-6-21(7-5-19)38(31,32)28-8-12-35-13-9-28/h1-7,16,18H,8-15,17H2,(H,26,27). The van der Waals surface area contributed by atoms with Crippen molar-refractivity contribution >= 4 is 42.3 Å². The summed E-state index contributed by atoms with van der Waals surface area (Å²) in [4.78, 5) is 17.6. The Labute approximate surface area is 231 Å². The number of thiazole rings is 1. The van der Waals surface area contributed by atoms with Gasteiger partial charge >= 0.3 is 0 Å². The molecule has 5 rings (SSSR count). The number of Topliss-reactive ketones (excluding diaryl/α,β-unsaturated/α-hetero) is 1. The van der Waals surface area contributed by atoms with Crippen LogP contribution in [0.2, 0.25) is 0 Å². The summed E-state index contributed by atoms with van der Waals surface area (Å²) in [7, 11) is -7.29. The molecule has 14 heteroatoms. The zero-order chi connectivity index (χ0) is 27.5. The van der Waals surface area contributed by atoms with Gasteiger partial charge in [-0.05, 0) is 24.3 Å². The van der Waals surface area contributed by atoms with Crippen LogP contribution < -0.4 is 5.32 Å². The van der Waals surface area contributed by atoms with Crippen molar-refractivity contribution < 1.29 is 31.1 Å². The van der Waals surface area contributed by atoms with E-state index >= 15 is 0 Å². The lowest BCUT2D eigenvalue weighted by molar-refractivity contribution is 0.0730. The van der Waals surface area contributed by atoms with Gasteiger partial charge in [-0.25, -0.2) is 21.8 Å². The number of carbonyl (C=O) groups is 1. The van der Waals surface area contributed by atoms with Gasteiger partial charge in [0.1, 0.15) is 0 Å². The largest absolute Gasteiger partial charge is 0.379 e. The predicted molar refractivity (Wildman–Crippen MR) is 146 cm³/mol. The number of sulfonamides is 2. The van der Waals surface area contributed by atoms with Gasteiger partial charge in [0.05, 0.1) is 48.5 Å². The van der Waals surface area contributed by atoms with Crippen molar-refractivity contribution in [2.45, 2.75) is 9.79 Å². The zero-order valence-corrected chi connectivity index (χ0v) is 23.4. The summed E-state index contributed by atoms with van der Waals surface area (Å²) in [6.07, 6.45) is 0. The number of nitrogens with zero attached hydrogens (tertiary/aromatic N) is 3. The molecule has 0 aliphatic carbocycles. The molecule has 2 aromatic carbocycles. The van der Waals surface area contributed by atoms with Crippen LogP contribution in [0.25, 0.3) is 11.3 Å². The Kier molecular flexibility index (Phi) is 8.42. The molecule has 0 bridgehead atoms. The van der Waals surface area contributed by atoms with Crippen LogP contribution in [0.5, 0.6) is 0 Å². The van der Waals surface area contributed by atoms with E-state index in [-0.39, 0.29) is 40.8 Å². The minimum absolute atomic E-state index is 0.0647. The maximum Gasteiger partial charge on any atom is 0.243 e. The van der Waals surface area contributed by atoms with Gasteiger partial charge in [-0.15, -0.1) is 11.3 Å². The zero-order valence-electron chi connectivity index (χ0n) is 21.0. The number of nitrogens with one attached hydrogen (secondary N) is 1. The molecule has 208 valence electrons.